The Morgan fingerprint density at radius 3 is 2.80 bits per heavy atom. The molecular weight excluding hydrogens is 382 g/mol. The maximum absolute atomic E-state index is 5.54. The minimum absolute atomic E-state index is 0.210. The molecule has 30 heavy (non-hydrogen) atoms. The van der Waals surface area contributed by atoms with Crippen LogP contribution >= 0.6 is 0 Å². The molecule has 0 bridgehead atoms. The van der Waals surface area contributed by atoms with Gasteiger partial charge < -0.3 is 19.4 Å². The first-order valence-corrected chi connectivity index (χ1v) is 10.1. The molecule has 0 amide bonds. The molecule has 1 N–H and O–H groups in total. The fourth-order valence-corrected chi connectivity index (χ4v) is 3.37. The topological polar surface area (TPSA) is 91.4 Å². The third kappa shape index (κ3) is 4.12. The number of anilines is 1. The molecule has 0 aromatic carbocycles. The van der Waals surface area contributed by atoms with Crippen molar-refractivity contribution in [1.29, 1.82) is 0 Å². The normalized spacial score (nSPS) is 11.8. The first kappa shape index (κ1) is 20.2. The van der Waals surface area contributed by atoms with Crippen LogP contribution in [-0.4, -0.2) is 62.1 Å². The van der Waals surface area contributed by atoms with Gasteiger partial charge in [0.05, 0.1) is 36.7 Å². The second kappa shape index (κ2) is 8.76. The van der Waals surface area contributed by atoms with E-state index < -0.39 is 0 Å². The van der Waals surface area contributed by atoms with Crippen molar-refractivity contribution in [1.82, 2.24) is 29.1 Å². The predicted octanol–water partition coefficient (Wildman–Crippen LogP) is 2.93. The van der Waals surface area contributed by atoms with E-state index in [2.05, 4.69) is 25.0 Å². The second-order valence-electron chi connectivity index (χ2n) is 7.33. The summed E-state index contributed by atoms with van der Waals surface area (Å²) in [6.45, 7) is 8.60. The molecule has 0 radical (unpaired) electrons. The van der Waals surface area contributed by atoms with Gasteiger partial charge >= 0.3 is 0 Å². The Morgan fingerprint density at radius 1 is 1.13 bits per heavy atom. The Hall–Kier alpha value is -3.04. The van der Waals surface area contributed by atoms with Gasteiger partial charge in [-0.1, -0.05) is 0 Å². The van der Waals surface area contributed by atoms with E-state index in [9.17, 15) is 0 Å². The Morgan fingerprint density at radius 2 is 2.00 bits per heavy atom. The van der Waals surface area contributed by atoms with E-state index in [1.165, 1.54) is 0 Å². The lowest BCUT2D eigenvalue weighted by atomic mass is 10.2. The summed E-state index contributed by atoms with van der Waals surface area (Å²) in [5, 5.41) is 7.73. The van der Waals surface area contributed by atoms with Crippen molar-refractivity contribution in [2.24, 2.45) is 0 Å². The Bertz CT molecular complexity index is 1150. The third-order valence-electron chi connectivity index (χ3n) is 4.83. The molecule has 4 rings (SSSR count). The van der Waals surface area contributed by atoms with Gasteiger partial charge in [0, 0.05) is 32.0 Å². The van der Waals surface area contributed by atoms with E-state index in [1.54, 1.807) is 7.11 Å². The highest BCUT2D eigenvalue weighted by Gasteiger charge is 2.13. The lowest BCUT2D eigenvalue weighted by Gasteiger charge is -2.09. The van der Waals surface area contributed by atoms with Gasteiger partial charge in [-0.25, -0.2) is 19.5 Å². The number of pyridine rings is 1. The summed E-state index contributed by atoms with van der Waals surface area (Å²) in [6.07, 6.45) is 3.94. The number of imidazole rings is 1. The summed E-state index contributed by atoms with van der Waals surface area (Å²) in [7, 11) is 1.70. The molecule has 9 heteroatoms. The molecule has 0 aliphatic heterocycles. The van der Waals surface area contributed by atoms with E-state index in [4.69, 9.17) is 14.5 Å². The minimum Gasteiger partial charge on any atom is -0.383 e. The van der Waals surface area contributed by atoms with Crippen LogP contribution in [0, 0.1) is 6.92 Å². The smallest absolute Gasteiger partial charge is 0.241 e. The number of ether oxygens (including phenoxy) is 2. The lowest BCUT2D eigenvalue weighted by Crippen LogP contribution is -2.15. The van der Waals surface area contributed by atoms with Gasteiger partial charge in [0.25, 0.3) is 0 Å². The van der Waals surface area contributed by atoms with Gasteiger partial charge in [0.15, 0.2) is 5.65 Å². The number of nitrogens with one attached hydrogen (secondary N) is 1. The molecule has 4 aromatic rings. The van der Waals surface area contributed by atoms with Gasteiger partial charge in [-0.3, -0.25) is 0 Å². The van der Waals surface area contributed by atoms with Crippen molar-refractivity contribution in [3.05, 3.63) is 36.4 Å². The van der Waals surface area contributed by atoms with Gasteiger partial charge in [-0.2, -0.15) is 0 Å². The maximum Gasteiger partial charge on any atom is 0.241 e. The van der Waals surface area contributed by atoms with E-state index in [1.807, 2.05) is 55.9 Å². The summed E-state index contributed by atoms with van der Waals surface area (Å²) >= 11 is 0. The fraction of sp³-hybridized carbons (Fsp3) is 0.429. The molecule has 4 heterocycles. The van der Waals surface area contributed by atoms with Crippen LogP contribution in [0.3, 0.4) is 0 Å². The minimum atomic E-state index is 0.210. The van der Waals surface area contributed by atoms with Crippen LogP contribution in [0.4, 0.5) is 5.95 Å². The summed E-state index contributed by atoms with van der Waals surface area (Å²) < 4.78 is 14.7. The highest BCUT2D eigenvalue weighted by molar-refractivity contribution is 5.82. The van der Waals surface area contributed by atoms with Gasteiger partial charge in [-0.05, 0) is 39.0 Å². The second-order valence-corrected chi connectivity index (χ2v) is 7.33. The zero-order chi connectivity index (χ0) is 21.1. The number of rotatable bonds is 9. The van der Waals surface area contributed by atoms with Crippen LogP contribution < -0.4 is 5.32 Å². The van der Waals surface area contributed by atoms with Crippen molar-refractivity contribution >= 4 is 22.6 Å². The van der Waals surface area contributed by atoms with Crippen LogP contribution in [-0.2, 0) is 16.0 Å². The van der Waals surface area contributed by atoms with Crippen molar-refractivity contribution < 1.29 is 9.47 Å². The molecule has 0 unspecified atom stereocenters. The maximum atomic E-state index is 5.54. The molecule has 158 valence electrons. The average molecular weight is 409 g/mol. The monoisotopic (exact) mass is 409 g/mol. The SMILES string of the molecule is COCCn1c(C)nc2ccc(-c3ccn4nc(NCCOC(C)C)ncc34)nc21. The van der Waals surface area contributed by atoms with Gasteiger partial charge in [-0.15, -0.1) is 5.10 Å². The summed E-state index contributed by atoms with van der Waals surface area (Å²) in [4.78, 5) is 13.9. The molecule has 0 saturated carbocycles. The zero-order valence-electron chi connectivity index (χ0n) is 17.8. The molecule has 0 saturated heterocycles. The highest BCUT2D eigenvalue weighted by atomic mass is 16.5. The standard InChI is InChI=1S/C21H27N7O2/c1-14(2)30-11-8-22-21-23-13-19-16(7-9-28(19)26-21)17-5-6-18-20(25-17)27(10-12-29-4)15(3)24-18/h5-7,9,13-14H,8,10-12H2,1-4H3,(H,22,26). The van der Waals surface area contributed by atoms with Crippen molar-refractivity contribution in [3.63, 3.8) is 0 Å². The molecule has 0 aliphatic rings. The predicted molar refractivity (Wildman–Crippen MR) is 116 cm³/mol. The summed E-state index contributed by atoms with van der Waals surface area (Å²) in [5.41, 5.74) is 4.46. The zero-order valence-corrected chi connectivity index (χ0v) is 17.8. The Kier molecular flexibility index (Phi) is 5.91. The highest BCUT2D eigenvalue weighted by Crippen LogP contribution is 2.26. The average Bonchev–Trinajstić information content (AvgIpc) is 3.29. The molecule has 0 aliphatic carbocycles. The van der Waals surface area contributed by atoms with Crippen LogP contribution in [0.25, 0.3) is 27.9 Å². The lowest BCUT2D eigenvalue weighted by molar-refractivity contribution is 0.0869. The van der Waals surface area contributed by atoms with Crippen molar-refractivity contribution in [2.45, 2.75) is 33.4 Å². The Labute approximate surface area is 175 Å². The van der Waals surface area contributed by atoms with E-state index in [0.29, 0.717) is 32.3 Å². The van der Waals surface area contributed by atoms with Crippen molar-refractivity contribution in [3.8, 4) is 11.3 Å². The molecule has 0 spiro atoms. The first-order valence-electron chi connectivity index (χ1n) is 10.1. The molecule has 0 atom stereocenters. The molecule has 4 aromatic heterocycles. The quantitative estimate of drug-likeness (QED) is 0.425. The van der Waals surface area contributed by atoms with Crippen LogP contribution in [0.1, 0.15) is 19.7 Å². The summed E-state index contributed by atoms with van der Waals surface area (Å²) in [6, 6.07) is 6.00. The van der Waals surface area contributed by atoms with Crippen LogP contribution in [0.5, 0.6) is 0 Å². The number of hydrogen-bond acceptors (Lipinski definition) is 7. The van der Waals surface area contributed by atoms with Crippen LogP contribution in [0.2, 0.25) is 0 Å². The van der Waals surface area contributed by atoms with Gasteiger partial charge in [0.1, 0.15) is 11.3 Å². The number of aromatic nitrogens is 6. The summed E-state index contributed by atoms with van der Waals surface area (Å²) in [5.74, 6) is 1.49. The number of aryl methyl sites for hydroxylation is 1. The fourth-order valence-electron chi connectivity index (χ4n) is 3.37. The Balaban J connectivity index is 1.60. The van der Waals surface area contributed by atoms with Crippen LogP contribution in [0.15, 0.2) is 30.6 Å². The van der Waals surface area contributed by atoms with E-state index >= 15 is 0 Å². The first-order chi connectivity index (χ1) is 14.6. The number of hydrogen-bond donors (Lipinski definition) is 1. The third-order valence-corrected chi connectivity index (χ3v) is 4.83. The number of fused-ring (bicyclic) bond motifs is 2. The molecule has 9 nitrogen and oxygen atoms in total. The number of methoxy groups -OCH3 is 1. The largest absolute Gasteiger partial charge is 0.383 e. The van der Waals surface area contributed by atoms with E-state index in [-0.39, 0.29) is 6.10 Å². The van der Waals surface area contributed by atoms with Gasteiger partial charge in [0.2, 0.25) is 5.95 Å². The molecular formula is C21H27N7O2. The number of nitrogens with zero attached hydrogens (tertiary/aromatic N) is 6. The van der Waals surface area contributed by atoms with Crippen molar-refractivity contribution in [2.75, 3.05) is 32.2 Å². The van der Waals surface area contributed by atoms with E-state index in [0.717, 1.165) is 33.8 Å². The molecule has 0 fully saturated rings.